The van der Waals surface area contributed by atoms with Gasteiger partial charge in [-0.05, 0) is 41.5 Å². The van der Waals surface area contributed by atoms with Crippen LogP contribution in [0.5, 0.6) is 0 Å². The van der Waals surface area contributed by atoms with Crippen molar-refractivity contribution < 1.29 is 4.79 Å². The van der Waals surface area contributed by atoms with Crippen molar-refractivity contribution in [1.29, 1.82) is 5.26 Å². The van der Waals surface area contributed by atoms with Crippen molar-refractivity contribution in [1.82, 2.24) is 0 Å². The highest BCUT2D eigenvalue weighted by atomic mass is 32.1. The molecule has 2 atom stereocenters. The second kappa shape index (κ2) is 7.58. The number of carbonyl (C=O) groups excluding carboxylic acids is 1. The predicted molar refractivity (Wildman–Crippen MR) is 130 cm³/mol. The molecular formula is C27H20N4OS. The Bertz CT molecular complexity index is 1410. The second-order valence-corrected chi connectivity index (χ2v) is 9.43. The van der Waals surface area contributed by atoms with E-state index in [1.54, 1.807) is 11.3 Å². The number of fused-ring (bicyclic) bond motifs is 4. The molecule has 0 radical (unpaired) electrons. The number of hydrogen-bond donors (Lipinski definition) is 1. The van der Waals surface area contributed by atoms with Crippen molar-refractivity contribution in [2.45, 2.75) is 24.7 Å². The quantitative estimate of drug-likeness (QED) is 0.584. The number of hydrogen-bond acceptors (Lipinski definition) is 6. The minimum absolute atomic E-state index is 0.0711. The summed E-state index contributed by atoms with van der Waals surface area (Å²) in [7, 11) is 0. The number of allylic oxidation sites excluding steroid dienone is 3. The van der Waals surface area contributed by atoms with Crippen LogP contribution in [-0.2, 0) is 4.79 Å². The van der Waals surface area contributed by atoms with Gasteiger partial charge in [-0.2, -0.15) is 5.26 Å². The van der Waals surface area contributed by atoms with Gasteiger partial charge >= 0.3 is 0 Å². The Morgan fingerprint density at radius 2 is 1.82 bits per heavy atom. The molecule has 2 unspecified atom stereocenters. The maximum atomic E-state index is 13.8. The highest BCUT2D eigenvalue weighted by Crippen LogP contribution is 2.52. The minimum atomic E-state index is -0.415. The SMILES string of the molecule is N#CC1=C2N=C(N)c3ccccc3N2C2=C(C(=O)CC(c3ccccc3)C2)C1c1cccs1. The fourth-order valence-electron chi connectivity index (χ4n) is 5.22. The summed E-state index contributed by atoms with van der Waals surface area (Å²) < 4.78 is 0. The van der Waals surface area contributed by atoms with E-state index in [0.29, 0.717) is 30.1 Å². The zero-order valence-electron chi connectivity index (χ0n) is 17.7. The van der Waals surface area contributed by atoms with Crippen LogP contribution in [0.4, 0.5) is 5.69 Å². The number of Topliss-reactive ketones (excluding diaryl/α,β-unsaturated/α-hetero) is 1. The van der Waals surface area contributed by atoms with Gasteiger partial charge in [0.05, 0.1) is 23.2 Å². The van der Waals surface area contributed by atoms with Crippen molar-refractivity contribution >= 4 is 28.6 Å². The molecule has 2 aliphatic heterocycles. The number of benzene rings is 2. The Hall–Kier alpha value is -3.95. The number of anilines is 1. The monoisotopic (exact) mass is 448 g/mol. The van der Waals surface area contributed by atoms with Crippen LogP contribution in [0.15, 0.2) is 99.8 Å². The van der Waals surface area contributed by atoms with Crippen LogP contribution < -0.4 is 10.6 Å². The van der Waals surface area contributed by atoms with Gasteiger partial charge in [0.2, 0.25) is 0 Å². The molecule has 0 spiro atoms. The standard InChI is InChI=1S/C27H20N4OS/c28-15-19-24(23-11-6-12-33-23)25-21(13-17(14-22(25)32)16-7-2-1-3-8-16)31-20-10-5-4-9-18(20)26(29)30-27(19)31/h1-12,17,24H,13-14H2,(H2,29,30). The summed E-state index contributed by atoms with van der Waals surface area (Å²) >= 11 is 1.56. The summed E-state index contributed by atoms with van der Waals surface area (Å²) in [6, 6.07) is 24.3. The van der Waals surface area contributed by atoms with Gasteiger partial charge in [0, 0.05) is 28.1 Å². The average molecular weight is 449 g/mol. The number of ketones is 1. The second-order valence-electron chi connectivity index (χ2n) is 8.45. The smallest absolute Gasteiger partial charge is 0.162 e. The van der Waals surface area contributed by atoms with E-state index in [9.17, 15) is 10.1 Å². The molecule has 3 aromatic rings. The van der Waals surface area contributed by atoms with E-state index in [1.807, 2.05) is 64.9 Å². The number of carbonyl (C=O) groups is 1. The largest absolute Gasteiger partial charge is 0.383 e. The van der Waals surface area contributed by atoms with E-state index in [0.717, 1.165) is 33.0 Å². The molecular weight excluding hydrogens is 428 g/mol. The van der Waals surface area contributed by atoms with Crippen LogP contribution in [0.3, 0.4) is 0 Å². The van der Waals surface area contributed by atoms with Crippen LogP contribution in [0.1, 0.15) is 40.7 Å². The summed E-state index contributed by atoms with van der Waals surface area (Å²) in [5, 5.41) is 12.2. The Morgan fingerprint density at radius 3 is 2.58 bits per heavy atom. The fraction of sp³-hybridized carbons (Fsp3) is 0.148. The highest BCUT2D eigenvalue weighted by Gasteiger charge is 2.45. The van der Waals surface area contributed by atoms with Crippen molar-refractivity contribution in [2.75, 3.05) is 4.90 Å². The minimum Gasteiger partial charge on any atom is -0.383 e. The van der Waals surface area contributed by atoms with Gasteiger partial charge in [-0.1, -0.05) is 48.5 Å². The van der Waals surface area contributed by atoms with E-state index < -0.39 is 5.92 Å². The number of nitriles is 1. The first-order valence-corrected chi connectivity index (χ1v) is 11.8. The summed E-state index contributed by atoms with van der Waals surface area (Å²) in [6.45, 7) is 0. The number of aliphatic imine (C=N–C) groups is 1. The summed E-state index contributed by atoms with van der Waals surface area (Å²) in [5.74, 6) is 0.673. The molecule has 0 amide bonds. The van der Waals surface area contributed by atoms with Gasteiger partial charge < -0.3 is 5.73 Å². The fourth-order valence-corrected chi connectivity index (χ4v) is 6.06. The lowest BCUT2D eigenvalue weighted by molar-refractivity contribution is -0.116. The van der Waals surface area contributed by atoms with Gasteiger partial charge in [0.1, 0.15) is 5.84 Å². The van der Waals surface area contributed by atoms with Crippen molar-refractivity contribution in [3.63, 3.8) is 0 Å². The van der Waals surface area contributed by atoms with Crippen LogP contribution in [0.25, 0.3) is 0 Å². The lowest BCUT2D eigenvalue weighted by Crippen LogP contribution is -2.40. The molecule has 0 saturated carbocycles. The number of nitrogens with two attached hydrogens (primary N) is 1. The molecule has 5 nitrogen and oxygen atoms in total. The normalized spacial score (nSPS) is 21.7. The van der Waals surface area contributed by atoms with Gasteiger partial charge in [-0.3, -0.25) is 9.69 Å². The van der Waals surface area contributed by atoms with Gasteiger partial charge in [0.25, 0.3) is 0 Å². The number of amidine groups is 1. The molecule has 6 rings (SSSR count). The van der Waals surface area contributed by atoms with Crippen molar-refractivity contribution in [3.8, 4) is 6.07 Å². The van der Waals surface area contributed by atoms with E-state index in [-0.39, 0.29) is 11.7 Å². The number of para-hydroxylation sites is 1. The van der Waals surface area contributed by atoms with Crippen LogP contribution in [0, 0.1) is 11.3 Å². The Labute approximate surface area is 195 Å². The molecule has 1 aromatic heterocycles. The van der Waals surface area contributed by atoms with E-state index in [1.165, 1.54) is 0 Å². The third-order valence-electron chi connectivity index (χ3n) is 6.65. The molecule has 0 bridgehead atoms. The Balaban J connectivity index is 1.61. The maximum Gasteiger partial charge on any atom is 0.162 e. The zero-order chi connectivity index (χ0) is 22.5. The van der Waals surface area contributed by atoms with E-state index in [2.05, 4.69) is 18.2 Å². The first-order valence-electron chi connectivity index (χ1n) is 10.9. The average Bonchev–Trinajstić information content (AvgIpc) is 3.38. The summed E-state index contributed by atoms with van der Waals surface area (Å²) in [4.78, 5) is 21.5. The summed E-state index contributed by atoms with van der Waals surface area (Å²) in [5.41, 5.74) is 11.3. The van der Waals surface area contributed by atoms with Gasteiger partial charge in [-0.15, -0.1) is 11.3 Å². The molecule has 3 heterocycles. The predicted octanol–water partition coefficient (Wildman–Crippen LogP) is 5.21. The number of nitrogens with zero attached hydrogens (tertiary/aromatic N) is 3. The zero-order valence-corrected chi connectivity index (χ0v) is 18.5. The lowest BCUT2D eigenvalue weighted by atomic mass is 9.73. The first kappa shape index (κ1) is 19.7. The number of thiophene rings is 1. The number of rotatable bonds is 2. The third-order valence-corrected chi connectivity index (χ3v) is 7.59. The molecule has 1 aliphatic carbocycles. The third kappa shape index (κ3) is 2.97. The van der Waals surface area contributed by atoms with Crippen LogP contribution in [0.2, 0.25) is 0 Å². The maximum absolute atomic E-state index is 13.8. The Morgan fingerprint density at radius 1 is 1.03 bits per heavy atom. The molecule has 3 aliphatic rings. The van der Waals surface area contributed by atoms with Crippen molar-refractivity contribution in [2.24, 2.45) is 10.7 Å². The molecule has 0 fully saturated rings. The molecule has 160 valence electrons. The van der Waals surface area contributed by atoms with E-state index in [4.69, 9.17) is 10.7 Å². The molecule has 33 heavy (non-hydrogen) atoms. The molecule has 6 heteroatoms. The Kier molecular flexibility index (Phi) is 4.53. The van der Waals surface area contributed by atoms with Crippen LogP contribution in [-0.4, -0.2) is 11.6 Å². The first-order chi connectivity index (χ1) is 16.2. The molecule has 0 saturated heterocycles. The lowest BCUT2D eigenvalue weighted by Gasteiger charge is -2.43. The van der Waals surface area contributed by atoms with Crippen molar-refractivity contribution in [3.05, 3.63) is 111 Å². The molecule has 2 aromatic carbocycles. The summed E-state index contributed by atoms with van der Waals surface area (Å²) in [6.07, 6.45) is 1.12. The highest BCUT2D eigenvalue weighted by molar-refractivity contribution is 7.10. The van der Waals surface area contributed by atoms with Gasteiger partial charge in [0.15, 0.2) is 11.6 Å². The van der Waals surface area contributed by atoms with E-state index >= 15 is 0 Å². The topological polar surface area (TPSA) is 82.5 Å². The van der Waals surface area contributed by atoms with Gasteiger partial charge in [-0.25, -0.2) is 4.99 Å². The van der Waals surface area contributed by atoms with Crippen LogP contribution >= 0.6 is 11.3 Å². The molecule has 2 N–H and O–H groups in total.